The van der Waals surface area contributed by atoms with Crippen LogP contribution >= 0.6 is 0 Å². The highest BCUT2D eigenvalue weighted by Crippen LogP contribution is 2.38. The van der Waals surface area contributed by atoms with Crippen molar-refractivity contribution in [3.63, 3.8) is 0 Å². The molecule has 19 heavy (non-hydrogen) atoms. The molecule has 1 unspecified atom stereocenters. The Morgan fingerprint density at radius 2 is 2.16 bits per heavy atom. The van der Waals surface area contributed by atoms with Gasteiger partial charge in [-0.25, -0.2) is 4.98 Å². The van der Waals surface area contributed by atoms with Crippen LogP contribution < -0.4 is 15.2 Å². The van der Waals surface area contributed by atoms with Crippen LogP contribution in [0.15, 0.2) is 18.3 Å². The molecule has 1 aliphatic heterocycles. The van der Waals surface area contributed by atoms with E-state index in [-0.39, 0.29) is 13.4 Å². The van der Waals surface area contributed by atoms with Crippen LogP contribution in [-0.4, -0.2) is 28.5 Å². The second-order valence-electron chi connectivity index (χ2n) is 4.49. The van der Waals surface area contributed by atoms with Gasteiger partial charge >= 0.3 is 0 Å². The Kier molecular flexibility index (Phi) is 2.88. The minimum Gasteiger partial charge on any atom is -0.454 e. The second kappa shape index (κ2) is 4.56. The van der Waals surface area contributed by atoms with Gasteiger partial charge in [0, 0.05) is 5.56 Å². The van der Waals surface area contributed by atoms with E-state index in [2.05, 4.69) is 9.97 Å². The molecular weight excluding hydrogens is 246 g/mol. The Bertz CT molecular complexity index is 609. The van der Waals surface area contributed by atoms with Crippen LogP contribution in [0.3, 0.4) is 0 Å². The molecule has 1 aromatic heterocycles. The summed E-state index contributed by atoms with van der Waals surface area (Å²) in [6.07, 6.45) is 1.70. The van der Waals surface area contributed by atoms with Crippen molar-refractivity contribution in [3.8, 4) is 22.8 Å². The number of fused-ring (bicyclic) bond motifs is 1. The fourth-order valence-electron chi connectivity index (χ4n) is 2.08. The number of nitrogens with zero attached hydrogens (tertiary/aromatic N) is 1. The molecule has 1 aromatic carbocycles. The van der Waals surface area contributed by atoms with Gasteiger partial charge in [0.15, 0.2) is 11.5 Å². The summed E-state index contributed by atoms with van der Waals surface area (Å²) >= 11 is 0. The number of aryl methyl sites for hydroxylation is 1. The smallest absolute Gasteiger partial charge is 0.231 e. The molecule has 2 aromatic rings. The van der Waals surface area contributed by atoms with Crippen LogP contribution in [0.4, 0.5) is 0 Å². The maximum Gasteiger partial charge on any atom is 0.231 e. The van der Waals surface area contributed by atoms with Crippen molar-refractivity contribution in [2.24, 2.45) is 5.73 Å². The number of hydrogen-bond acceptors (Lipinski definition) is 5. The van der Waals surface area contributed by atoms with Crippen LogP contribution in [0.5, 0.6) is 11.5 Å². The quantitative estimate of drug-likeness (QED) is 0.769. The summed E-state index contributed by atoms with van der Waals surface area (Å²) in [6.45, 7) is 2.10. The standard InChI is InChI=1S/C13H15N3O3/c1-7-2-11-12(19-6-18-11)3-8(7)10-4-15-13(16-10)9(14)5-17/h2-4,9,17H,5-6,14H2,1H3,(H,15,16). The molecule has 2 heterocycles. The van der Waals surface area contributed by atoms with Crippen LogP contribution in [-0.2, 0) is 0 Å². The SMILES string of the molecule is Cc1cc2c(cc1-c1cnc(C(N)CO)[nH]1)OCO2. The third kappa shape index (κ3) is 2.05. The minimum atomic E-state index is -0.497. The average molecular weight is 261 g/mol. The lowest BCUT2D eigenvalue weighted by Crippen LogP contribution is -2.15. The van der Waals surface area contributed by atoms with Crippen molar-refractivity contribution >= 4 is 0 Å². The first-order chi connectivity index (χ1) is 9.19. The molecule has 6 heteroatoms. The number of imidazole rings is 1. The van der Waals surface area contributed by atoms with Gasteiger partial charge in [-0.3, -0.25) is 0 Å². The van der Waals surface area contributed by atoms with Gasteiger partial charge in [-0.15, -0.1) is 0 Å². The molecule has 1 atom stereocenters. The Morgan fingerprint density at radius 3 is 2.89 bits per heavy atom. The van der Waals surface area contributed by atoms with Crippen LogP contribution in [0, 0.1) is 6.92 Å². The summed E-state index contributed by atoms with van der Waals surface area (Å²) in [7, 11) is 0. The monoisotopic (exact) mass is 261 g/mol. The lowest BCUT2D eigenvalue weighted by atomic mass is 10.1. The molecule has 4 N–H and O–H groups in total. The van der Waals surface area contributed by atoms with Gasteiger partial charge in [-0.1, -0.05) is 0 Å². The van der Waals surface area contributed by atoms with Crippen molar-refractivity contribution in [2.75, 3.05) is 13.4 Å². The largest absolute Gasteiger partial charge is 0.454 e. The summed E-state index contributed by atoms with van der Waals surface area (Å²) < 4.78 is 10.7. The first-order valence-corrected chi connectivity index (χ1v) is 6.01. The molecule has 0 amide bonds. The molecule has 0 spiro atoms. The van der Waals surface area contributed by atoms with E-state index in [1.54, 1.807) is 6.20 Å². The molecule has 100 valence electrons. The van der Waals surface area contributed by atoms with Crippen LogP contribution in [0.25, 0.3) is 11.3 Å². The normalized spacial score (nSPS) is 14.7. The Labute approximate surface area is 110 Å². The zero-order valence-corrected chi connectivity index (χ0v) is 10.5. The number of H-pyrrole nitrogens is 1. The van der Waals surface area contributed by atoms with Crippen molar-refractivity contribution < 1.29 is 14.6 Å². The number of rotatable bonds is 3. The number of nitrogens with one attached hydrogen (secondary N) is 1. The number of aliphatic hydroxyl groups excluding tert-OH is 1. The van der Waals surface area contributed by atoms with Crippen molar-refractivity contribution in [1.29, 1.82) is 0 Å². The molecule has 3 rings (SSSR count). The van der Waals surface area contributed by atoms with Crippen molar-refractivity contribution in [2.45, 2.75) is 13.0 Å². The topological polar surface area (TPSA) is 93.4 Å². The zero-order chi connectivity index (χ0) is 13.4. The molecule has 0 aliphatic carbocycles. The maximum atomic E-state index is 9.03. The summed E-state index contributed by atoms with van der Waals surface area (Å²) in [6, 6.07) is 3.35. The molecule has 0 fully saturated rings. The number of ether oxygens (including phenoxy) is 2. The van der Waals surface area contributed by atoms with E-state index in [1.807, 2.05) is 19.1 Å². The van der Waals surface area contributed by atoms with E-state index < -0.39 is 6.04 Å². The molecule has 6 nitrogen and oxygen atoms in total. The number of aromatic amines is 1. The fourth-order valence-corrected chi connectivity index (χ4v) is 2.08. The second-order valence-corrected chi connectivity index (χ2v) is 4.49. The lowest BCUT2D eigenvalue weighted by molar-refractivity contribution is 0.174. The highest BCUT2D eigenvalue weighted by Gasteiger charge is 2.18. The van der Waals surface area contributed by atoms with Gasteiger partial charge in [-0.2, -0.15) is 0 Å². The number of aliphatic hydroxyl groups is 1. The number of benzene rings is 1. The van der Waals surface area contributed by atoms with E-state index in [4.69, 9.17) is 20.3 Å². The maximum absolute atomic E-state index is 9.03. The van der Waals surface area contributed by atoms with E-state index >= 15 is 0 Å². The van der Waals surface area contributed by atoms with Crippen molar-refractivity contribution in [3.05, 3.63) is 29.7 Å². The summed E-state index contributed by atoms with van der Waals surface area (Å²) in [5.41, 5.74) is 8.60. The Hall–Kier alpha value is -2.05. The first kappa shape index (κ1) is 12.0. The highest BCUT2D eigenvalue weighted by atomic mass is 16.7. The summed E-state index contributed by atoms with van der Waals surface area (Å²) in [5, 5.41) is 9.03. The average Bonchev–Trinajstić information content (AvgIpc) is 3.04. The van der Waals surface area contributed by atoms with Crippen molar-refractivity contribution in [1.82, 2.24) is 9.97 Å². The number of hydrogen-bond donors (Lipinski definition) is 3. The lowest BCUT2D eigenvalue weighted by Gasteiger charge is -2.06. The molecule has 0 saturated heterocycles. The molecule has 0 saturated carbocycles. The van der Waals surface area contributed by atoms with E-state index in [0.29, 0.717) is 5.82 Å². The van der Waals surface area contributed by atoms with Crippen LogP contribution in [0.2, 0.25) is 0 Å². The fraction of sp³-hybridized carbons (Fsp3) is 0.308. The van der Waals surface area contributed by atoms with E-state index in [0.717, 1.165) is 28.3 Å². The van der Waals surface area contributed by atoms with E-state index in [1.165, 1.54) is 0 Å². The van der Waals surface area contributed by atoms with Gasteiger partial charge in [0.05, 0.1) is 24.5 Å². The number of nitrogens with two attached hydrogens (primary N) is 1. The molecule has 1 aliphatic rings. The third-order valence-corrected chi connectivity index (χ3v) is 3.15. The highest BCUT2D eigenvalue weighted by molar-refractivity contribution is 5.68. The number of aromatic nitrogens is 2. The van der Waals surface area contributed by atoms with Gasteiger partial charge in [0.2, 0.25) is 6.79 Å². The van der Waals surface area contributed by atoms with Gasteiger partial charge in [0.25, 0.3) is 0 Å². The zero-order valence-electron chi connectivity index (χ0n) is 10.5. The summed E-state index contributed by atoms with van der Waals surface area (Å²) in [5.74, 6) is 2.05. The van der Waals surface area contributed by atoms with Gasteiger partial charge in [0.1, 0.15) is 5.82 Å². The molecular formula is C13H15N3O3. The predicted octanol–water partition coefficient (Wildman–Crippen LogP) is 1.11. The Morgan fingerprint density at radius 1 is 1.42 bits per heavy atom. The minimum absolute atomic E-state index is 0.146. The third-order valence-electron chi connectivity index (χ3n) is 3.15. The summed E-state index contributed by atoms with van der Waals surface area (Å²) in [4.78, 5) is 7.31. The predicted molar refractivity (Wildman–Crippen MR) is 68.9 cm³/mol. The molecule has 0 radical (unpaired) electrons. The first-order valence-electron chi connectivity index (χ1n) is 6.01. The molecule has 0 bridgehead atoms. The van der Waals surface area contributed by atoms with Gasteiger partial charge in [-0.05, 0) is 24.6 Å². The van der Waals surface area contributed by atoms with Crippen LogP contribution in [0.1, 0.15) is 17.4 Å². The van der Waals surface area contributed by atoms with E-state index in [9.17, 15) is 0 Å². The van der Waals surface area contributed by atoms with Gasteiger partial charge < -0.3 is 25.3 Å². The Balaban J connectivity index is 2.00.